The van der Waals surface area contributed by atoms with Gasteiger partial charge in [0.05, 0.1) is 6.42 Å². The molecule has 0 aromatic heterocycles. The average molecular weight is 353 g/mol. The van der Waals surface area contributed by atoms with Crippen molar-refractivity contribution in [2.75, 3.05) is 18.0 Å². The average Bonchev–Trinajstić information content (AvgIpc) is 3.03. The maximum atomic E-state index is 12.6. The number of para-hydroxylation sites is 1. The summed E-state index contributed by atoms with van der Waals surface area (Å²) in [6.07, 6.45) is 13.1. The van der Waals surface area contributed by atoms with Crippen LogP contribution < -0.4 is 4.90 Å². The summed E-state index contributed by atoms with van der Waals surface area (Å²) in [5.41, 5.74) is 2.40. The molecule has 1 aromatic rings. The number of likely N-dealkylation sites (tertiary alicyclic amines) is 1. The summed E-state index contributed by atoms with van der Waals surface area (Å²) < 4.78 is 0. The van der Waals surface area contributed by atoms with E-state index in [0.717, 1.165) is 30.7 Å². The summed E-state index contributed by atoms with van der Waals surface area (Å²) >= 11 is 0. The molecule has 26 heavy (non-hydrogen) atoms. The number of fused-ring (bicyclic) bond motifs is 2. The third kappa shape index (κ3) is 2.98. The first-order valence-corrected chi connectivity index (χ1v) is 10.9. The molecule has 3 atom stereocenters. The zero-order valence-corrected chi connectivity index (χ0v) is 15.9. The molecule has 0 spiro atoms. The maximum Gasteiger partial charge on any atom is 0.231 e. The largest absolute Gasteiger partial charge is 0.309 e. The van der Waals surface area contributed by atoms with Crippen LogP contribution in [-0.4, -0.2) is 36.0 Å². The van der Waals surface area contributed by atoms with Gasteiger partial charge < -0.3 is 9.80 Å². The zero-order chi connectivity index (χ0) is 17.5. The van der Waals surface area contributed by atoms with Crippen LogP contribution in [0.2, 0.25) is 0 Å². The lowest BCUT2D eigenvalue weighted by atomic mass is 9.69. The highest BCUT2D eigenvalue weighted by atomic mass is 16.2. The van der Waals surface area contributed by atoms with E-state index in [1.165, 1.54) is 69.3 Å². The first kappa shape index (κ1) is 16.8. The van der Waals surface area contributed by atoms with Gasteiger partial charge in [0.1, 0.15) is 0 Å². The highest BCUT2D eigenvalue weighted by Crippen LogP contribution is 2.42. The highest BCUT2D eigenvalue weighted by molar-refractivity contribution is 6.01. The molecular formula is C23H32N2O. The molecule has 2 saturated carbocycles. The topological polar surface area (TPSA) is 23.6 Å². The number of carbonyl (C=O) groups excluding carboxylic acids is 1. The van der Waals surface area contributed by atoms with Gasteiger partial charge in [0.15, 0.2) is 0 Å². The Morgan fingerprint density at radius 3 is 2.42 bits per heavy atom. The SMILES string of the molecule is O=C1Cc2ccccc2N1C1CCN(C2CC[C@H]3CCCC[C@@H]3C2)CC1. The van der Waals surface area contributed by atoms with Crippen LogP contribution in [0, 0.1) is 11.8 Å². The molecule has 0 N–H and O–H groups in total. The minimum Gasteiger partial charge on any atom is -0.309 e. The lowest BCUT2D eigenvalue weighted by Crippen LogP contribution is -2.50. The first-order chi connectivity index (χ1) is 12.8. The standard InChI is InChI=1S/C23H32N2O/c26-23-16-19-7-3-4-8-22(19)25(23)20-11-13-24(14-12-20)21-10-9-17-5-1-2-6-18(17)15-21/h3-4,7-8,17-18,20-21H,1-2,5-6,9-16H2/t17-,18-,21?/m1/s1. The van der Waals surface area contributed by atoms with Crippen molar-refractivity contribution in [3.05, 3.63) is 29.8 Å². The molecular weight excluding hydrogens is 320 g/mol. The molecule has 4 aliphatic rings. The van der Waals surface area contributed by atoms with Gasteiger partial charge in [0.2, 0.25) is 5.91 Å². The van der Waals surface area contributed by atoms with E-state index in [-0.39, 0.29) is 0 Å². The number of hydrogen-bond acceptors (Lipinski definition) is 2. The van der Waals surface area contributed by atoms with E-state index in [9.17, 15) is 4.79 Å². The lowest BCUT2D eigenvalue weighted by Gasteiger charge is -2.46. The summed E-state index contributed by atoms with van der Waals surface area (Å²) in [7, 11) is 0. The van der Waals surface area contributed by atoms with Crippen molar-refractivity contribution in [1.29, 1.82) is 0 Å². The Labute approximate surface area is 157 Å². The summed E-state index contributed by atoms with van der Waals surface area (Å²) in [5, 5.41) is 0. The molecule has 3 nitrogen and oxygen atoms in total. The quantitative estimate of drug-likeness (QED) is 0.788. The molecule has 140 valence electrons. The lowest BCUT2D eigenvalue weighted by molar-refractivity contribution is -0.118. The van der Waals surface area contributed by atoms with Crippen LogP contribution in [-0.2, 0) is 11.2 Å². The van der Waals surface area contributed by atoms with E-state index in [1.807, 2.05) is 0 Å². The summed E-state index contributed by atoms with van der Waals surface area (Å²) in [5.74, 6) is 2.36. The second kappa shape index (κ2) is 6.99. The number of anilines is 1. The van der Waals surface area contributed by atoms with Gasteiger partial charge in [-0.25, -0.2) is 0 Å². The van der Waals surface area contributed by atoms with Crippen LogP contribution in [0.4, 0.5) is 5.69 Å². The molecule has 1 aromatic carbocycles. The fourth-order valence-electron chi connectivity index (χ4n) is 6.37. The predicted octanol–water partition coefficient (Wildman–Crippen LogP) is 4.40. The van der Waals surface area contributed by atoms with E-state index in [0.29, 0.717) is 18.4 Å². The van der Waals surface area contributed by atoms with E-state index in [1.54, 1.807) is 0 Å². The van der Waals surface area contributed by atoms with E-state index >= 15 is 0 Å². The van der Waals surface area contributed by atoms with Crippen molar-refractivity contribution in [3.8, 4) is 0 Å². The van der Waals surface area contributed by atoms with Crippen molar-refractivity contribution >= 4 is 11.6 Å². The minimum absolute atomic E-state index is 0.312. The van der Waals surface area contributed by atoms with Crippen molar-refractivity contribution < 1.29 is 4.79 Å². The number of hydrogen-bond donors (Lipinski definition) is 0. The smallest absolute Gasteiger partial charge is 0.231 e. The Morgan fingerprint density at radius 2 is 1.58 bits per heavy atom. The molecule has 3 heteroatoms. The Balaban J connectivity index is 1.21. The van der Waals surface area contributed by atoms with Gasteiger partial charge in [0, 0.05) is 30.9 Å². The second-order valence-corrected chi connectivity index (χ2v) is 9.11. The van der Waals surface area contributed by atoms with Gasteiger partial charge in [-0.2, -0.15) is 0 Å². The molecule has 2 heterocycles. The van der Waals surface area contributed by atoms with Gasteiger partial charge >= 0.3 is 0 Å². The van der Waals surface area contributed by atoms with Crippen LogP contribution in [0.25, 0.3) is 0 Å². The summed E-state index contributed by atoms with van der Waals surface area (Å²) in [4.78, 5) is 17.5. The van der Waals surface area contributed by atoms with Gasteiger partial charge in [-0.1, -0.05) is 43.9 Å². The maximum absolute atomic E-state index is 12.6. The fraction of sp³-hybridized carbons (Fsp3) is 0.696. The van der Waals surface area contributed by atoms with E-state index in [2.05, 4.69) is 34.1 Å². The number of nitrogens with zero attached hydrogens (tertiary/aromatic N) is 2. The van der Waals surface area contributed by atoms with Crippen molar-refractivity contribution in [3.63, 3.8) is 0 Å². The number of amides is 1. The monoisotopic (exact) mass is 352 g/mol. The molecule has 1 saturated heterocycles. The zero-order valence-electron chi connectivity index (χ0n) is 15.9. The van der Waals surface area contributed by atoms with E-state index < -0.39 is 0 Å². The van der Waals surface area contributed by atoms with Gasteiger partial charge in [0.25, 0.3) is 0 Å². The van der Waals surface area contributed by atoms with Crippen molar-refractivity contribution in [2.45, 2.75) is 76.3 Å². The van der Waals surface area contributed by atoms with Crippen LogP contribution in [0.1, 0.15) is 63.4 Å². The van der Waals surface area contributed by atoms with Crippen molar-refractivity contribution in [2.24, 2.45) is 11.8 Å². The Bertz CT molecular complexity index is 664. The van der Waals surface area contributed by atoms with Crippen molar-refractivity contribution in [1.82, 2.24) is 4.90 Å². The van der Waals surface area contributed by atoms with Gasteiger partial charge in [-0.05, 0) is 55.6 Å². The van der Waals surface area contributed by atoms with Gasteiger partial charge in [-0.15, -0.1) is 0 Å². The molecule has 1 amide bonds. The Hall–Kier alpha value is -1.35. The molecule has 3 fully saturated rings. The molecule has 0 bridgehead atoms. The number of carbonyl (C=O) groups is 1. The third-order valence-corrected chi connectivity index (χ3v) is 7.75. The predicted molar refractivity (Wildman–Crippen MR) is 105 cm³/mol. The van der Waals surface area contributed by atoms with Crippen LogP contribution >= 0.6 is 0 Å². The second-order valence-electron chi connectivity index (χ2n) is 9.11. The van der Waals surface area contributed by atoms with Crippen LogP contribution in [0.3, 0.4) is 0 Å². The molecule has 1 unspecified atom stereocenters. The Morgan fingerprint density at radius 1 is 0.808 bits per heavy atom. The molecule has 2 aliphatic carbocycles. The third-order valence-electron chi connectivity index (χ3n) is 7.75. The minimum atomic E-state index is 0.312. The van der Waals surface area contributed by atoms with E-state index in [4.69, 9.17) is 0 Å². The molecule has 2 aliphatic heterocycles. The van der Waals surface area contributed by atoms with Gasteiger partial charge in [-0.3, -0.25) is 4.79 Å². The van der Waals surface area contributed by atoms with Crippen LogP contribution in [0.5, 0.6) is 0 Å². The fourth-order valence-corrected chi connectivity index (χ4v) is 6.37. The number of rotatable bonds is 2. The first-order valence-electron chi connectivity index (χ1n) is 10.9. The van der Waals surface area contributed by atoms with Crippen LogP contribution in [0.15, 0.2) is 24.3 Å². The Kier molecular flexibility index (Phi) is 4.52. The molecule has 0 radical (unpaired) electrons. The number of piperidine rings is 1. The highest BCUT2D eigenvalue weighted by Gasteiger charge is 2.38. The normalized spacial score (nSPS) is 33.2. The number of benzene rings is 1. The summed E-state index contributed by atoms with van der Waals surface area (Å²) in [6.45, 7) is 2.36. The summed E-state index contributed by atoms with van der Waals surface area (Å²) in [6, 6.07) is 9.61. The molecule has 5 rings (SSSR count).